The van der Waals surface area contributed by atoms with Gasteiger partial charge >= 0.3 is 0 Å². The molecule has 0 N–H and O–H groups in total. The number of nitrogens with zero attached hydrogens (tertiary/aromatic N) is 8. The number of aromatic nitrogens is 5. The van der Waals surface area contributed by atoms with E-state index in [9.17, 15) is 14.9 Å². The van der Waals surface area contributed by atoms with Gasteiger partial charge in [-0.2, -0.15) is 15.3 Å². The first-order chi connectivity index (χ1) is 23.5. The molecule has 250 valence electrons. The summed E-state index contributed by atoms with van der Waals surface area (Å²) in [4.78, 5) is 39.9. The van der Waals surface area contributed by atoms with E-state index in [1.54, 1.807) is 61.4 Å². The zero-order chi connectivity index (χ0) is 35.1. The van der Waals surface area contributed by atoms with Gasteiger partial charge in [0.2, 0.25) is 11.8 Å². The van der Waals surface area contributed by atoms with E-state index in [0.717, 1.165) is 5.56 Å². The van der Waals surface area contributed by atoms with Gasteiger partial charge in [0.05, 0.1) is 49.9 Å². The maximum atomic E-state index is 15.3. The molecule has 4 heterocycles. The molecule has 12 nitrogen and oxygen atoms in total. The first-order valence-electron chi connectivity index (χ1n) is 15.2. The Kier molecular flexibility index (Phi) is 8.83. The third-order valence-electron chi connectivity index (χ3n) is 8.25. The molecular formula is C35H32ClFN8O4. The highest BCUT2D eigenvalue weighted by atomic mass is 35.5. The van der Waals surface area contributed by atoms with Gasteiger partial charge in [0.15, 0.2) is 5.69 Å². The Morgan fingerprint density at radius 3 is 2.43 bits per heavy atom. The zero-order valence-electron chi connectivity index (χ0n) is 27.6. The molecule has 14 heteroatoms. The summed E-state index contributed by atoms with van der Waals surface area (Å²) in [7, 11) is 6.65. The highest BCUT2D eigenvalue weighted by Crippen LogP contribution is 2.46. The van der Waals surface area contributed by atoms with Crippen molar-refractivity contribution in [2.75, 3.05) is 38.1 Å². The van der Waals surface area contributed by atoms with Crippen LogP contribution in [0.1, 0.15) is 64.2 Å². The molecule has 49 heavy (non-hydrogen) atoms. The molecule has 6 rings (SSSR count). The van der Waals surface area contributed by atoms with Crippen molar-refractivity contribution in [2.24, 2.45) is 0 Å². The van der Waals surface area contributed by atoms with Crippen LogP contribution in [0.15, 0.2) is 65.7 Å². The minimum Gasteiger partial charge on any atom is -0.497 e. The number of anilines is 2. The predicted octanol–water partition coefficient (Wildman–Crippen LogP) is 5.49. The van der Waals surface area contributed by atoms with Crippen molar-refractivity contribution in [1.29, 1.82) is 5.26 Å². The van der Waals surface area contributed by atoms with Crippen LogP contribution < -0.4 is 24.8 Å². The summed E-state index contributed by atoms with van der Waals surface area (Å²) in [5, 5.41) is 14.1. The number of halogens is 2. The molecule has 0 bridgehead atoms. The van der Waals surface area contributed by atoms with E-state index in [1.165, 1.54) is 34.8 Å². The third kappa shape index (κ3) is 5.84. The Labute approximate surface area is 286 Å². The van der Waals surface area contributed by atoms with Crippen LogP contribution in [-0.4, -0.2) is 58.5 Å². The van der Waals surface area contributed by atoms with E-state index >= 15 is 4.39 Å². The van der Waals surface area contributed by atoms with Crippen molar-refractivity contribution in [3.05, 3.63) is 116 Å². The highest BCUT2D eigenvalue weighted by molar-refractivity contribution is 6.30. The first kappa shape index (κ1) is 33.2. The van der Waals surface area contributed by atoms with Crippen LogP contribution in [0.3, 0.4) is 0 Å². The van der Waals surface area contributed by atoms with Crippen molar-refractivity contribution in [3.8, 4) is 23.4 Å². The van der Waals surface area contributed by atoms with Crippen molar-refractivity contribution in [1.82, 2.24) is 24.3 Å². The number of ether oxygens (including phenoxy) is 2. The van der Waals surface area contributed by atoms with Gasteiger partial charge in [-0.25, -0.2) is 14.1 Å². The van der Waals surface area contributed by atoms with E-state index in [-0.39, 0.29) is 34.6 Å². The second-order valence-electron chi connectivity index (χ2n) is 11.9. The van der Waals surface area contributed by atoms with Gasteiger partial charge in [-0.05, 0) is 47.4 Å². The molecule has 1 aliphatic heterocycles. The number of pyridine rings is 1. The van der Waals surface area contributed by atoms with Crippen LogP contribution in [0, 0.1) is 17.1 Å². The van der Waals surface area contributed by atoms with Crippen LogP contribution in [-0.2, 0) is 6.54 Å². The number of carbonyl (C=O) groups is 1. The molecule has 1 unspecified atom stereocenters. The SMILES string of the molecule is COc1ccc(Cn2cc(N3C(=O)c4nn(-c5cnc(N(C)C)nc5OC)c(C(C)C)c4C3c3ccc(C#N)c(F)c3)cc(Cl)c2=O)cc1. The standard InChI is InChI=1S/C35H32ClFN8O4/c1-19(2)30-28-29(41-45(30)27-16-39-35(42(3)4)40-32(27)49-6)34(47)44(31(28)21-9-10-22(15-38)26(37)13-21)23-14-25(36)33(46)43(18-23)17-20-7-11-24(48-5)12-8-20/h7-14,16,18-19,31H,17H2,1-6H3. The number of hydrogen-bond donors (Lipinski definition) is 0. The molecule has 2 aromatic carbocycles. The maximum absolute atomic E-state index is 15.3. The zero-order valence-corrected chi connectivity index (χ0v) is 28.4. The number of nitriles is 1. The topological polar surface area (TPSA) is 131 Å². The molecular weight excluding hydrogens is 651 g/mol. The molecule has 1 atom stereocenters. The lowest BCUT2D eigenvalue weighted by molar-refractivity contribution is 0.0988. The molecule has 5 aromatic rings. The van der Waals surface area contributed by atoms with Crippen molar-refractivity contribution < 1.29 is 18.7 Å². The van der Waals surface area contributed by atoms with Gasteiger partial charge in [0.1, 0.15) is 28.3 Å². The summed E-state index contributed by atoms with van der Waals surface area (Å²) in [6.07, 6.45) is 3.12. The Bertz CT molecular complexity index is 2190. The van der Waals surface area contributed by atoms with E-state index < -0.39 is 23.3 Å². The number of rotatable bonds is 9. The Balaban J connectivity index is 1.56. The summed E-state index contributed by atoms with van der Waals surface area (Å²) in [6.45, 7) is 4.06. The summed E-state index contributed by atoms with van der Waals surface area (Å²) in [6, 6.07) is 13.8. The van der Waals surface area contributed by atoms with Gasteiger partial charge in [0.25, 0.3) is 11.5 Å². The molecule has 3 aromatic heterocycles. The average molecular weight is 683 g/mol. The minimum atomic E-state index is -0.910. The van der Waals surface area contributed by atoms with Gasteiger partial charge in [-0.15, -0.1) is 0 Å². The summed E-state index contributed by atoms with van der Waals surface area (Å²) >= 11 is 6.52. The van der Waals surface area contributed by atoms with E-state index in [4.69, 9.17) is 26.2 Å². The van der Waals surface area contributed by atoms with Gasteiger partial charge in [-0.1, -0.05) is 43.6 Å². The summed E-state index contributed by atoms with van der Waals surface area (Å²) in [5.41, 5.74) is 2.57. The number of fused-ring (bicyclic) bond motifs is 1. The molecule has 0 aliphatic carbocycles. The first-order valence-corrected chi connectivity index (χ1v) is 15.6. The number of methoxy groups -OCH3 is 2. The summed E-state index contributed by atoms with van der Waals surface area (Å²) < 4.78 is 29.1. The average Bonchev–Trinajstić information content (AvgIpc) is 3.61. The molecule has 0 spiro atoms. The van der Waals surface area contributed by atoms with Gasteiger partial charge in [-0.3, -0.25) is 14.5 Å². The molecule has 0 saturated carbocycles. The fourth-order valence-electron chi connectivity index (χ4n) is 5.97. The molecule has 0 fully saturated rings. The van der Waals surface area contributed by atoms with E-state index in [1.807, 2.05) is 32.0 Å². The molecule has 0 radical (unpaired) electrons. The van der Waals surface area contributed by atoms with Crippen molar-refractivity contribution >= 4 is 29.1 Å². The van der Waals surface area contributed by atoms with E-state index in [2.05, 4.69) is 9.97 Å². The van der Waals surface area contributed by atoms with Gasteiger partial charge < -0.3 is 18.9 Å². The number of carbonyl (C=O) groups excluding carboxylic acids is 1. The van der Waals surface area contributed by atoms with Crippen LogP contribution >= 0.6 is 11.6 Å². The minimum absolute atomic E-state index is 0.106. The molecule has 0 saturated heterocycles. The Morgan fingerprint density at radius 2 is 1.82 bits per heavy atom. The van der Waals surface area contributed by atoms with Crippen molar-refractivity contribution in [3.63, 3.8) is 0 Å². The van der Waals surface area contributed by atoms with Crippen LogP contribution in [0.5, 0.6) is 11.6 Å². The lowest BCUT2D eigenvalue weighted by Crippen LogP contribution is -2.32. The summed E-state index contributed by atoms with van der Waals surface area (Å²) in [5.74, 6) is -0.125. The van der Waals surface area contributed by atoms with Crippen LogP contribution in [0.25, 0.3) is 5.69 Å². The highest BCUT2D eigenvalue weighted by Gasteiger charge is 2.45. The predicted molar refractivity (Wildman–Crippen MR) is 182 cm³/mol. The second kappa shape index (κ2) is 13.0. The normalized spacial score (nSPS) is 13.8. The van der Waals surface area contributed by atoms with Crippen LogP contribution in [0.4, 0.5) is 16.0 Å². The number of hydrogen-bond acceptors (Lipinski definition) is 9. The molecule has 1 aliphatic rings. The number of benzene rings is 2. The van der Waals surface area contributed by atoms with Gasteiger partial charge in [0, 0.05) is 25.9 Å². The lowest BCUT2D eigenvalue weighted by Gasteiger charge is -2.28. The largest absolute Gasteiger partial charge is 0.497 e. The monoisotopic (exact) mass is 682 g/mol. The van der Waals surface area contributed by atoms with E-state index in [0.29, 0.717) is 39.9 Å². The molecule has 1 amide bonds. The van der Waals surface area contributed by atoms with Crippen molar-refractivity contribution in [2.45, 2.75) is 32.4 Å². The fourth-order valence-corrected chi connectivity index (χ4v) is 6.19. The fraction of sp³-hybridized carbons (Fsp3) is 0.257. The quantitative estimate of drug-likeness (QED) is 0.198. The third-order valence-corrected chi connectivity index (χ3v) is 8.52. The second-order valence-corrected chi connectivity index (χ2v) is 12.3. The number of amides is 1. The lowest BCUT2D eigenvalue weighted by atomic mass is 9.93. The Hall–Kier alpha value is -5.74. The van der Waals surface area contributed by atoms with Crippen LogP contribution in [0.2, 0.25) is 5.02 Å². The maximum Gasteiger partial charge on any atom is 0.280 e. The smallest absolute Gasteiger partial charge is 0.280 e. The Morgan fingerprint density at radius 1 is 1.08 bits per heavy atom.